The van der Waals surface area contributed by atoms with Crippen molar-refractivity contribution < 1.29 is 0 Å². The van der Waals surface area contributed by atoms with E-state index in [1.165, 1.54) is 36.6 Å². The zero-order chi connectivity index (χ0) is 13.5. The second kappa shape index (κ2) is 4.85. The summed E-state index contributed by atoms with van der Waals surface area (Å²) in [7, 11) is 0. The first-order chi connectivity index (χ1) is 9.81. The van der Waals surface area contributed by atoms with E-state index in [9.17, 15) is 0 Å². The Morgan fingerprint density at radius 3 is 2.85 bits per heavy atom. The first-order valence-corrected chi connectivity index (χ1v) is 7.90. The summed E-state index contributed by atoms with van der Waals surface area (Å²) in [6.07, 6.45) is 8.84. The van der Waals surface area contributed by atoms with E-state index in [4.69, 9.17) is 5.73 Å². The van der Waals surface area contributed by atoms with E-state index in [0.29, 0.717) is 0 Å². The van der Waals surface area contributed by atoms with Gasteiger partial charge in [0.05, 0.1) is 5.52 Å². The van der Waals surface area contributed by atoms with Gasteiger partial charge in [-0.2, -0.15) is 0 Å². The van der Waals surface area contributed by atoms with Gasteiger partial charge in [-0.15, -0.1) is 0 Å². The molecule has 2 aromatic rings. The van der Waals surface area contributed by atoms with Crippen LogP contribution in [0.5, 0.6) is 0 Å². The molecule has 104 valence electrons. The predicted octanol–water partition coefficient (Wildman–Crippen LogP) is 4.06. The van der Waals surface area contributed by atoms with Crippen molar-refractivity contribution in [2.24, 2.45) is 23.5 Å². The lowest BCUT2D eigenvalue weighted by Gasteiger charge is -2.25. The highest BCUT2D eigenvalue weighted by Gasteiger charge is 2.39. The molecule has 0 amide bonds. The van der Waals surface area contributed by atoms with Crippen LogP contribution >= 0.6 is 0 Å². The Labute approximate surface area is 120 Å². The number of pyridine rings is 1. The zero-order valence-electron chi connectivity index (χ0n) is 11.8. The van der Waals surface area contributed by atoms with Crippen LogP contribution < -0.4 is 5.73 Å². The van der Waals surface area contributed by atoms with Gasteiger partial charge in [-0.1, -0.05) is 24.6 Å². The van der Waals surface area contributed by atoms with E-state index in [1.54, 1.807) is 0 Å². The molecule has 0 aliphatic heterocycles. The van der Waals surface area contributed by atoms with Gasteiger partial charge in [-0.3, -0.25) is 4.98 Å². The van der Waals surface area contributed by atoms with E-state index in [2.05, 4.69) is 29.2 Å². The number of nitrogens with two attached hydrogens (primary N) is 1. The average Bonchev–Trinajstić information content (AvgIpc) is 3.09. The normalized spacial score (nSPS) is 29.9. The molecular weight excluding hydrogens is 244 g/mol. The molecule has 4 atom stereocenters. The van der Waals surface area contributed by atoms with E-state index >= 15 is 0 Å². The average molecular weight is 266 g/mol. The molecule has 2 heteroatoms. The standard InChI is InChI=1S/C18H22N2/c19-17(11-14-10-12-5-6-13(14)9-12)15-7-8-20-18-4-2-1-3-16(15)18/h1-4,7-8,12-14,17H,5-6,9-11,19H2. The van der Waals surface area contributed by atoms with Crippen molar-refractivity contribution >= 4 is 10.9 Å². The number of aromatic nitrogens is 1. The minimum Gasteiger partial charge on any atom is -0.324 e. The lowest BCUT2D eigenvalue weighted by Crippen LogP contribution is -2.19. The molecule has 2 bridgehead atoms. The predicted molar refractivity (Wildman–Crippen MR) is 82.2 cm³/mol. The highest BCUT2D eigenvalue weighted by atomic mass is 14.7. The van der Waals surface area contributed by atoms with Crippen molar-refractivity contribution in [1.29, 1.82) is 0 Å². The maximum atomic E-state index is 6.54. The summed E-state index contributed by atoms with van der Waals surface area (Å²) in [5, 5.41) is 1.23. The number of hydrogen-bond donors (Lipinski definition) is 1. The van der Waals surface area contributed by atoms with Gasteiger partial charge in [0.15, 0.2) is 0 Å². The second-order valence-corrected chi connectivity index (χ2v) is 6.69. The largest absolute Gasteiger partial charge is 0.324 e. The van der Waals surface area contributed by atoms with Crippen molar-refractivity contribution in [3.05, 3.63) is 42.1 Å². The molecule has 1 aromatic carbocycles. The van der Waals surface area contributed by atoms with Crippen LogP contribution in [0.4, 0.5) is 0 Å². The molecular formula is C18H22N2. The van der Waals surface area contributed by atoms with Crippen molar-refractivity contribution in [3.8, 4) is 0 Å². The molecule has 2 saturated carbocycles. The summed E-state index contributed by atoms with van der Waals surface area (Å²) >= 11 is 0. The number of fused-ring (bicyclic) bond motifs is 3. The zero-order valence-corrected chi connectivity index (χ0v) is 11.8. The molecule has 0 radical (unpaired) electrons. The van der Waals surface area contributed by atoms with Gasteiger partial charge >= 0.3 is 0 Å². The number of rotatable bonds is 3. The van der Waals surface area contributed by atoms with Crippen LogP contribution in [0.2, 0.25) is 0 Å². The monoisotopic (exact) mass is 266 g/mol. The van der Waals surface area contributed by atoms with Crippen LogP contribution in [0, 0.1) is 17.8 Å². The van der Waals surface area contributed by atoms with Gasteiger partial charge in [0.2, 0.25) is 0 Å². The molecule has 1 aromatic heterocycles. The molecule has 2 aliphatic carbocycles. The Morgan fingerprint density at radius 1 is 1.15 bits per heavy atom. The van der Waals surface area contributed by atoms with Crippen LogP contribution in [0.15, 0.2) is 36.5 Å². The Kier molecular flexibility index (Phi) is 2.99. The quantitative estimate of drug-likeness (QED) is 0.909. The molecule has 1 heterocycles. The van der Waals surface area contributed by atoms with E-state index in [0.717, 1.165) is 29.7 Å². The van der Waals surface area contributed by atoms with Crippen LogP contribution in [0.3, 0.4) is 0 Å². The van der Waals surface area contributed by atoms with E-state index in [1.807, 2.05) is 12.3 Å². The van der Waals surface area contributed by atoms with Crippen molar-refractivity contribution in [2.75, 3.05) is 0 Å². The molecule has 2 fully saturated rings. The highest BCUT2D eigenvalue weighted by molar-refractivity contribution is 5.82. The van der Waals surface area contributed by atoms with Crippen molar-refractivity contribution in [3.63, 3.8) is 0 Å². The summed E-state index contributed by atoms with van der Waals surface area (Å²) in [6.45, 7) is 0. The summed E-state index contributed by atoms with van der Waals surface area (Å²) in [5.74, 6) is 2.82. The Morgan fingerprint density at radius 2 is 2.05 bits per heavy atom. The van der Waals surface area contributed by atoms with Crippen molar-refractivity contribution in [1.82, 2.24) is 4.98 Å². The first-order valence-electron chi connectivity index (χ1n) is 7.90. The number of hydrogen-bond acceptors (Lipinski definition) is 2. The molecule has 4 unspecified atom stereocenters. The molecule has 2 aliphatic rings. The number of nitrogens with zero attached hydrogens (tertiary/aromatic N) is 1. The third-order valence-electron chi connectivity index (χ3n) is 5.52. The van der Waals surface area contributed by atoms with Gasteiger partial charge in [0.25, 0.3) is 0 Å². The lowest BCUT2D eigenvalue weighted by molar-refractivity contribution is 0.296. The molecule has 4 rings (SSSR count). The number of benzene rings is 1. The van der Waals surface area contributed by atoms with Gasteiger partial charge in [-0.05, 0) is 61.1 Å². The molecule has 0 saturated heterocycles. The summed E-state index contributed by atoms with van der Waals surface area (Å²) in [4.78, 5) is 4.44. The number of para-hydroxylation sites is 1. The van der Waals surface area contributed by atoms with Crippen LogP contribution in [0.25, 0.3) is 10.9 Å². The lowest BCUT2D eigenvalue weighted by atomic mass is 9.82. The van der Waals surface area contributed by atoms with Gasteiger partial charge < -0.3 is 5.73 Å². The smallest absolute Gasteiger partial charge is 0.0705 e. The van der Waals surface area contributed by atoms with Crippen LogP contribution in [-0.4, -0.2) is 4.98 Å². The Balaban J connectivity index is 1.59. The minimum absolute atomic E-state index is 0.159. The first kappa shape index (κ1) is 12.3. The highest BCUT2D eigenvalue weighted by Crippen LogP contribution is 2.50. The minimum atomic E-state index is 0.159. The second-order valence-electron chi connectivity index (χ2n) is 6.69. The molecule has 0 spiro atoms. The maximum absolute atomic E-state index is 6.54. The fraction of sp³-hybridized carbons (Fsp3) is 0.500. The molecule has 2 nitrogen and oxygen atoms in total. The summed E-state index contributed by atoms with van der Waals surface area (Å²) < 4.78 is 0. The third-order valence-corrected chi connectivity index (χ3v) is 5.52. The maximum Gasteiger partial charge on any atom is 0.0705 e. The Bertz CT molecular complexity index is 616. The Hall–Kier alpha value is -1.41. The van der Waals surface area contributed by atoms with Gasteiger partial charge in [0, 0.05) is 17.6 Å². The third kappa shape index (κ3) is 2.03. The topological polar surface area (TPSA) is 38.9 Å². The SMILES string of the molecule is NC(CC1CC2CCC1C2)c1ccnc2ccccc12. The summed E-state index contributed by atoms with van der Waals surface area (Å²) in [5.41, 5.74) is 8.88. The fourth-order valence-corrected chi connectivity index (χ4v) is 4.56. The van der Waals surface area contributed by atoms with Gasteiger partial charge in [-0.25, -0.2) is 0 Å². The van der Waals surface area contributed by atoms with Crippen molar-refractivity contribution in [2.45, 2.75) is 38.1 Å². The fourth-order valence-electron chi connectivity index (χ4n) is 4.56. The van der Waals surface area contributed by atoms with Crippen LogP contribution in [0.1, 0.15) is 43.7 Å². The van der Waals surface area contributed by atoms with E-state index < -0.39 is 0 Å². The molecule has 20 heavy (non-hydrogen) atoms. The van der Waals surface area contributed by atoms with Gasteiger partial charge in [0.1, 0.15) is 0 Å². The molecule has 2 N–H and O–H groups in total. The van der Waals surface area contributed by atoms with Crippen LogP contribution in [-0.2, 0) is 0 Å². The van der Waals surface area contributed by atoms with E-state index in [-0.39, 0.29) is 6.04 Å². The summed E-state index contributed by atoms with van der Waals surface area (Å²) in [6, 6.07) is 10.6.